The lowest BCUT2D eigenvalue weighted by Gasteiger charge is -2.08. The number of halogens is 1. The molecule has 0 aromatic heterocycles. The van der Waals surface area contributed by atoms with Crippen LogP contribution in [0.15, 0.2) is 36.9 Å². The maximum atomic E-state index is 3.63. The highest BCUT2D eigenvalue weighted by Gasteiger charge is 1.94. The summed E-state index contributed by atoms with van der Waals surface area (Å²) in [6.45, 7) is 7.19. The van der Waals surface area contributed by atoms with E-state index in [-0.39, 0.29) is 12.4 Å². The number of benzene rings is 1. The van der Waals surface area contributed by atoms with Gasteiger partial charge in [-0.05, 0) is 32.6 Å². The molecule has 0 bridgehead atoms. The lowest BCUT2D eigenvalue weighted by molar-refractivity contribution is 0.389. The summed E-state index contributed by atoms with van der Waals surface area (Å²) in [5.41, 5.74) is 1.17. The summed E-state index contributed by atoms with van der Waals surface area (Å²) in [4.78, 5) is 2.29. The Morgan fingerprint density at radius 1 is 0.679 bits per heavy atom. The first kappa shape index (κ1) is 29.4. The Morgan fingerprint density at radius 2 is 1.07 bits per heavy atom. The van der Waals surface area contributed by atoms with Gasteiger partial charge in [0.1, 0.15) is 0 Å². The lowest BCUT2D eigenvalue weighted by atomic mass is 10.0. The van der Waals surface area contributed by atoms with Gasteiger partial charge in [0.25, 0.3) is 0 Å². The monoisotopic (exact) mass is 409 g/mol. The zero-order chi connectivity index (χ0) is 20.0. The van der Waals surface area contributed by atoms with E-state index in [9.17, 15) is 0 Å². The molecule has 0 aliphatic rings. The predicted molar refractivity (Wildman–Crippen MR) is 133 cm³/mol. The summed E-state index contributed by atoms with van der Waals surface area (Å²) >= 11 is 0. The second kappa shape index (κ2) is 24.2. The quantitative estimate of drug-likeness (QED) is 0.246. The fourth-order valence-electron chi connectivity index (χ4n) is 3.21. The van der Waals surface area contributed by atoms with Crippen molar-refractivity contribution in [3.63, 3.8) is 0 Å². The second-order valence-corrected chi connectivity index (χ2v) is 8.01. The van der Waals surface area contributed by atoms with Crippen LogP contribution in [0.1, 0.15) is 102 Å². The van der Waals surface area contributed by atoms with Crippen LogP contribution in [0.3, 0.4) is 0 Å². The molecule has 0 aliphatic heterocycles. The van der Waals surface area contributed by atoms with Crippen molar-refractivity contribution in [2.45, 2.75) is 96.8 Å². The molecule has 0 amide bonds. The minimum atomic E-state index is 0. The van der Waals surface area contributed by atoms with Crippen molar-refractivity contribution >= 4 is 18.5 Å². The molecular formula is C26H48ClN. The van der Waals surface area contributed by atoms with Gasteiger partial charge < -0.3 is 4.90 Å². The first-order valence-corrected chi connectivity index (χ1v) is 11.5. The summed E-state index contributed by atoms with van der Waals surface area (Å²) in [6.07, 6.45) is 22.1. The number of hydrogen-bond donors (Lipinski definition) is 0. The molecular weight excluding hydrogens is 362 g/mol. The van der Waals surface area contributed by atoms with E-state index in [2.05, 4.69) is 32.5 Å². The van der Waals surface area contributed by atoms with Crippen molar-refractivity contribution in [1.82, 2.24) is 4.90 Å². The fourth-order valence-corrected chi connectivity index (χ4v) is 3.21. The Balaban J connectivity index is 0. The Hall–Kier alpha value is -0.790. The third-order valence-corrected chi connectivity index (χ3v) is 4.99. The summed E-state index contributed by atoms with van der Waals surface area (Å²) in [5.74, 6) is 0. The molecule has 164 valence electrons. The Morgan fingerprint density at radius 3 is 1.39 bits per heavy atom. The predicted octanol–water partition coefficient (Wildman–Crippen LogP) is 8.78. The molecule has 28 heavy (non-hydrogen) atoms. The highest BCUT2D eigenvalue weighted by Crippen LogP contribution is 2.12. The molecule has 0 spiro atoms. The summed E-state index contributed by atoms with van der Waals surface area (Å²) < 4.78 is 0. The second-order valence-electron chi connectivity index (χ2n) is 8.01. The van der Waals surface area contributed by atoms with Crippen LogP contribution in [0.4, 0.5) is 0 Å². The minimum Gasteiger partial charge on any atom is -0.309 e. The van der Waals surface area contributed by atoms with E-state index < -0.39 is 0 Å². The van der Waals surface area contributed by atoms with Gasteiger partial charge in [0, 0.05) is 0 Å². The Kier molecular flexibility index (Phi) is 25.5. The normalized spacial score (nSPS) is 10.1. The van der Waals surface area contributed by atoms with Gasteiger partial charge in [0.2, 0.25) is 0 Å². The average Bonchev–Trinajstić information content (AvgIpc) is 2.69. The molecule has 0 saturated carbocycles. The van der Waals surface area contributed by atoms with Gasteiger partial charge >= 0.3 is 0 Å². The average molecular weight is 410 g/mol. The van der Waals surface area contributed by atoms with E-state index >= 15 is 0 Å². The maximum Gasteiger partial charge on any atom is -0.00248 e. The molecule has 1 rings (SSSR count). The van der Waals surface area contributed by atoms with E-state index in [1.165, 1.54) is 102 Å². The van der Waals surface area contributed by atoms with Gasteiger partial charge in [0.15, 0.2) is 0 Å². The van der Waals surface area contributed by atoms with Crippen LogP contribution in [0.5, 0.6) is 0 Å². The number of rotatable bonds is 16. The smallest absolute Gasteiger partial charge is 0.00248 e. The van der Waals surface area contributed by atoms with Crippen molar-refractivity contribution in [2.75, 3.05) is 20.6 Å². The Labute approximate surface area is 183 Å². The summed E-state index contributed by atoms with van der Waals surface area (Å²) in [6, 6.07) is 10.0. The third kappa shape index (κ3) is 23.2. The minimum absolute atomic E-state index is 0. The molecule has 1 aromatic rings. The molecule has 0 saturated heterocycles. The van der Waals surface area contributed by atoms with E-state index in [1.54, 1.807) is 0 Å². The molecule has 0 atom stereocenters. The first-order valence-electron chi connectivity index (χ1n) is 11.5. The fraction of sp³-hybridized carbons (Fsp3) is 0.692. The van der Waals surface area contributed by atoms with Gasteiger partial charge in [-0.2, -0.15) is 0 Å². The molecule has 0 unspecified atom stereocenters. The van der Waals surface area contributed by atoms with Crippen LogP contribution < -0.4 is 0 Å². The van der Waals surface area contributed by atoms with Crippen LogP contribution >= 0.6 is 12.4 Å². The van der Waals surface area contributed by atoms with Gasteiger partial charge in [-0.3, -0.25) is 0 Å². The van der Waals surface area contributed by atoms with E-state index in [0.29, 0.717) is 0 Å². The van der Waals surface area contributed by atoms with Crippen molar-refractivity contribution in [3.05, 3.63) is 42.5 Å². The number of unbranched alkanes of at least 4 members (excludes halogenated alkanes) is 13. The van der Waals surface area contributed by atoms with Crippen molar-refractivity contribution in [3.8, 4) is 0 Å². The van der Waals surface area contributed by atoms with Gasteiger partial charge in [-0.25, -0.2) is 0 Å². The SMILES string of the molecule is C=Cc1ccccc1.CCCCCCCCCCCCCCCCN(C)C.Cl. The molecule has 1 aromatic carbocycles. The topological polar surface area (TPSA) is 3.24 Å². The van der Waals surface area contributed by atoms with Crippen molar-refractivity contribution < 1.29 is 0 Å². The highest BCUT2D eigenvalue weighted by molar-refractivity contribution is 5.85. The van der Waals surface area contributed by atoms with Crippen molar-refractivity contribution in [1.29, 1.82) is 0 Å². The molecule has 0 radical (unpaired) electrons. The van der Waals surface area contributed by atoms with Crippen LogP contribution in [-0.4, -0.2) is 25.5 Å². The van der Waals surface area contributed by atoms with E-state index in [4.69, 9.17) is 0 Å². The zero-order valence-corrected chi connectivity index (χ0v) is 19.9. The lowest BCUT2D eigenvalue weighted by Crippen LogP contribution is -2.12. The molecule has 0 heterocycles. The highest BCUT2D eigenvalue weighted by atomic mass is 35.5. The largest absolute Gasteiger partial charge is 0.309 e. The van der Waals surface area contributed by atoms with Crippen LogP contribution in [0, 0.1) is 0 Å². The molecule has 0 aliphatic carbocycles. The number of hydrogen-bond acceptors (Lipinski definition) is 1. The molecule has 0 N–H and O–H groups in total. The zero-order valence-electron chi connectivity index (χ0n) is 19.1. The summed E-state index contributed by atoms with van der Waals surface area (Å²) in [7, 11) is 4.34. The van der Waals surface area contributed by atoms with E-state index in [1.807, 2.05) is 36.4 Å². The molecule has 2 heteroatoms. The van der Waals surface area contributed by atoms with Gasteiger partial charge in [0.05, 0.1) is 0 Å². The number of nitrogens with zero attached hydrogens (tertiary/aromatic N) is 1. The first-order chi connectivity index (χ1) is 13.2. The van der Waals surface area contributed by atoms with Crippen LogP contribution in [0.25, 0.3) is 6.08 Å². The molecule has 0 fully saturated rings. The van der Waals surface area contributed by atoms with Gasteiger partial charge in [-0.1, -0.05) is 133 Å². The standard InChI is InChI=1S/C18H39N.C8H8.ClH/c1-4-5-6-7-8-9-10-11-12-13-14-15-16-17-18-19(2)3;1-2-8-6-4-3-5-7-8;/h4-18H2,1-3H3;2-7H,1H2;1H. The van der Waals surface area contributed by atoms with Crippen LogP contribution in [0.2, 0.25) is 0 Å². The van der Waals surface area contributed by atoms with Crippen LogP contribution in [-0.2, 0) is 0 Å². The van der Waals surface area contributed by atoms with E-state index in [0.717, 1.165) is 0 Å². The Bertz CT molecular complexity index is 402. The van der Waals surface area contributed by atoms with Gasteiger partial charge in [-0.15, -0.1) is 12.4 Å². The third-order valence-electron chi connectivity index (χ3n) is 4.99. The van der Waals surface area contributed by atoms with Crippen molar-refractivity contribution in [2.24, 2.45) is 0 Å². The molecule has 1 nitrogen and oxygen atoms in total. The maximum absolute atomic E-state index is 3.63. The summed E-state index contributed by atoms with van der Waals surface area (Å²) in [5, 5.41) is 0.